The van der Waals surface area contributed by atoms with Crippen molar-refractivity contribution < 1.29 is 23.9 Å². The largest absolute Gasteiger partial charge is 0.493 e. The summed E-state index contributed by atoms with van der Waals surface area (Å²) in [5.41, 5.74) is 4.45. The van der Waals surface area contributed by atoms with Gasteiger partial charge in [-0.05, 0) is 35.7 Å². The number of benzene rings is 3. The number of hydrogen-bond acceptors (Lipinski definition) is 5. The molecule has 8 heteroatoms. The van der Waals surface area contributed by atoms with Gasteiger partial charge in [-0.25, -0.2) is 0 Å². The molecule has 0 N–H and O–H groups in total. The van der Waals surface area contributed by atoms with Gasteiger partial charge in [0.15, 0.2) is 11.5 Å². The van der Waals surface area contributed by atoms with Crippen molar-refractivity contribution in [3.05, 3.63) is 88.5 Å². The fourth-order valence-corrected chi connectivity index (χ4v) is 5.73. The molecule has 0 saturated heterocycles. The van der Waals surface area contributed by atoms with Gasteiger partial charge in [-0.2, -0.15) is 0 Å². The number of fused-ring (bicyclic) bond motifs is 6. The van der Waals surface area contributed by atoms with Crippen LogP contribution < -0.4 is 14.4 Å². The molecular formula is C29H27N3O5. The molecule has 3 aromatic rings. The van der Waals surface area contributed by atoms with E-state index < -0.39 is 6.17 Å². The summed E-state index contributed by atoms with van der Waals surface area (Å²) in [5, 5.41) is 0. The predicted octanol–water partition coefficient (Wildman–Crippen LogP) is 3.79. The molecule has 37 heavy (non-hydrogen) atoms. The van der Waals surface area contributed by atoms with Gasteiger partial charge in [-0.15, -0.1) is 0 Å². The van der Waals surface area contributed by atoms with Gasteiger partial charge >= 0.3 is 0 Å². The third kappa shape index (κ3) is 3.55. The number of hydrogen-bond donors (Lipinski definition) is 0. The summed E-state index contributed by atoms with van der Waals surface area (Å²) < 4.78 is 11.0. The lowest BCUT2D eigenvalue weighted by Crippen LogP contribution is -2.49. The van der Waals surface area contributed by atoms with E-state index in [1.54, 1.807) is 40.1 Å². The van der Waals surface area contributed by atoms with Crippen LogP contribution in [0.5, 0.6) is 11.5 Å². The van der Waals surface area contributed by atoms with Gasteiger partial charge in [-0.1, -0.05) is 42.5 Å². The summed E-state index contributed by atoms with van der Waals surface area (Å²) in [7, 11) is 3.02. The van der Waals surface area contributed by atoms with Crippen molar-refractivity contribution in [1.29, 1.82) is 0 Å². The smallest absolute Gasteiger partial charge is 0.264 e. The standard InChI is InChI=1S/C29H27N3O5/c1-36-23-12-11-21-25(26(23)37-2)29(35)32-22-10-6-5-9-20(22)28(34)31(27(21)32)16-14-24(33)30-15-13-18-7-3-4-8-19(18)17-30/h3-12,27H,13-17H2,1-2H3. The Morgan fingerprint density at radius 1 is 0.919 bits per heavy atom. The Morgan fingerprint density at radius 2 is 1.68 bits per heavy atom. The molecule has 3 aliphatic rings. The van der Waals surface area contributed by atoms with E-state index >= 15 is 0 Å². The molecule has 188 valence electrons. The second kappa shape index (κ2) is 8.96. The first-order valence-corrected chi connectivity index (χ1v) is 12.4. The Kier molecular flexibility index (Phi) is 5.59. The maximum absolute atomic E-state index is 13.8. The number of amides is 3. The minimum absolute atomic E-state index is 0.00966. The van der Waals surface area contributed by atoms with Crippen molar-refractivity contribution in [1.82, 2.24) is 9.80 Å². The SMILES string of the molecule is COc1ccc2c(c1OC)C(=O)N1c3ccccc3C(=O)N(CCC(=O)N3CCc4ccccc4C3)C21. The Hall–Kier alpha value is -4.33. The van der Waals surface area contributed by atoms with E-state index in [2.05, 4.69) is 12.1 Å². The maximum atomic E-state index is 13.8. The molecule has 0 bridgehead atoms. The quantitative estimate of drug-likeness (QED) is 0.536. The second-order valence-electron chi connectivity index (χ2n) is 9.41. The Labute approximate surface area is 215 Å². The Balaban J connectivity index is 1.33. The number of ether oxygens (including phenoxy) is 2. The van der Waals surface area contributed by atoms with E-state index in [1.165, 1.54) is 19.8 Å². The van der Waals surface area contributed by atoms with E-state index in [-0.39, 0.29) is 30.7 Å². The molecule has 0 radical (unpaired) electrons. The average Bonchev–Trinajstić information content (AvgIpc) is 3.24. The Bertz CT molecular complexity index is 1430. The van der Waals surface area contributed by atoms with E-state index in [0.717, 1.165) is 12.0 Å². The number of anilines is 1. The fraction of sp³-hybridized carbons (Fsp3) is 0.276. The molecule has 0 saturated carbocycles. The van der Waals surface area contributed by atoms with Crippen molar-refractivity contribution in [3.63, 3.8) is 0 Å². The van der Waals surface area contributed by atoms with Crippen molar-refractivity contribution in [2.24, 2.45) is 0 Å². The summed E-state index contributed by atoms with van der Waals surface area (Å²) in [6.07, 6.45) is 0.314. The van der Waals surface area contributed by atoms with Crippen molar-refractivity contribution in [3.8, 4) is 11.5 Å². The zero-order valence-corrected chi connectivity index (χ0v) is 20.8. The molecule has 8 nitrogen and oxygen atoms in total. The zero-order chi connectivity index (χ0) is 25.7. The molecule has 0 fully saturated rings. The maximum Gasteiger partial charge on any atom is 0.264 e. The first-order chi connectivity index (χ1) is 18.0. The van der Waals surface area contributed by atoms with Crippen LogP contribution in [0.3, 0.4) is 0 Å². The van der Waals surface area contributed by atoms with Gasteiger partial charge in [0, 0.05) is 31.6 Å². The highest BCUT2D eigenvalue weighted by Gasteiger charge is 2.49. The molecule has 0 aromatic heterocycles. The highest BCUT2D eigenvalue weighted by molar-refractivity contribution is 6.18. The predicted molar refractivity (Wildman–Crippen MR) is 137 cm³/mol. The molecule has 1 atom stereocenters. The van der Waals surface area contributed by atoms with Crippen molar-refractivity contribution in [2.75, 3.05) is 32.2 Å². The summed E-state index contributed by atoms with van der Waals surface area (Å²) in [6.45, 7) is 1.41. The number of methoxy groups -OCH3 is 2. The number of nitrogens with zero attached hydrogens (tertiary/aromatic N) is 3. The second-order valence-corrected chi connectivity index (χ2v) is 9.41. The monoisotopic (exact) mass is 497 g/mol. The normalized spacial score (nSPS) is 17.7. The van der Waals surface area contributed by atoms with Gasteiger partial charge in [0.1, 0.15) is 6.17 Å². The van der Waals surface area contributed by atoms with Crippen LogP contribution in [-0.2, 0) is 17.8 Å². The lowest BCUT2D eigenvalue weighted by Gasteiger charge is -2.41. The average molecular weight is 498 g/mol. The van der Waals surface area contributed by atoms with Gasteiger partial charge in [-0.3, -0.25) is 19.3 Å². The van der Waals surface area contributed by atoms with E-state index in [1.807, 2.05) is 23.1 Å². The Morgan fingerprint density at radius 3 is 2.46 bits per heavy atom. The first kappa shape index (κ1) is 23.1. The van der Waals surface area contributed by atoms with Crippen LogP contribution in [0.15, 0.2) is 60.7 Å². The highest BCUT2D eigenvalue weighted by atomic mass is 16.5. The highest BCUT2D eigenvalue weighted by Crippen LogP contribution is 2.49. The van der Waals surface area contributed by atoms with E-state index in [0.29, 0.717) is 47.0 Å². The molecule has 6 rings (SSSR count). The topological polar surface area (TPSA) is 79.4 Å². The minimum Gasteiger partial charge on any atom is -0.493 e. The van der Waals surface area contributed by atoms with Gasteiger partial charge < -0.3 is 19.3 Å². The number of para-hydroxylation sites is 1. The van der Waals surface area contributed by atoms with Crippen LogP contribution in [0.25, 0.3) is 0 Å². The third-order valence-electron chi connectivity index (χ3n) is 7.53. The van der Waals surface area contributed by atoms with Crippen LogP contribution >= 0.6 is 0 Å². The van der Waals surface area contributed by atoms with Crippen LogP contribution in [0, 0.1) is 0 Å². The molecule has 0 aliphatic carbocycles. The summed E-state index contributed by atoms with van der Waals surface area (Å²) >= 11 is 0. The van der Waals surface area contributed by atoms with E-state index in [4.69, 9.17) is 9.47 Å². The molecule has 3 heterocycles. The summed E-state index contributed by atoms with van der Waals surface area (Å²) in [5.74, 6) is 0.307. The van der Waals surface area contributed by atoms with Crippen LogP contribution in [0.4, 0.5) is 5.69 Å². The van der Waals surface area contributed by atoms with Gasteiger partial charge in [0.2, 0.25) is 5.91 Å². The molecule has 3 aliphatic heterocycles. The van der Waals surface area contributed by atoms with E-state index in [9.17, 15) is 14.4 Å². The summed E-state index contributed by atoms with van der Waals surface area (Å²) in [6, 6.07) is 18.8. The molecule has 3 amide bonds. The van der Waals surface area contributed by atoms with Gasteiger partial charge in [0.05, 0.1) is 31.0 Å². The molecular weight excluding hydrogens is 470 g/mol. The first-order valence-electron chi connectivity index (χ1n) is 12.4. The number of carbonyl (C=O) groups is 3. The van der Waals surface area contributed by atoms with Crippen molar-refractivity contribution >= 4 is 23.4 Å². The zero-order valence-electron chi connectivity index (χ0n) is 20.8. The minimum atomic E-state index is -0.667. The lowest BCUT2D eigenvalue weighted by atomic mass is 9.99. The molecule has 1 unspecified atom stereocenters. The van der Waals surface area contributed by atoms with Crippen LogP contribution in [-0.4, -0.2) is 54.8 Å². The lowest BCUT2D eigenvalue weighted by molar-refractivity contribution is -0.132. The summed E-state index contributed by atoms with van der Waals surface area (Å²) in [4.78, 5) is 45.9. The number of carbonyl (C=O) groups excluding carboxylic acids is 3. The molecule has 3 aromatic carbocycles. The fourth-order valence-electron chi connectivity index (χ4n) is 5.73. The third-order valence-corrected chi connectivity index (χ3v) is 7.53. The van der Waals surface area contributed by atoms with Crippen LogP contribution in [0.1, 0.15) is 50.0 Å². The van der Waals surface area contributed by atoms with Crippen molar-refractivity contribution in [2.45, 2.75) is 25.6 Å². The van der Waals surface area contributed by atoms with Crippen LogP contribution in [0.2, 0.25) is 0 Å². The number of rotatable bonds is 5. The molecule has 0 spiro atoms. The van der Waals surface area contributed by atoms with Gasteiger partial charge in [0.25, 0.3) is 11.8 Å².